The number of aryl methyl sites for hydroxylation is 3. The maximum atomic E-state index is 10.8. The second kappa shape index (κ2) is 12.0. The Morgan fingerprint density at radius 3 is 2.63 bits per heavy atom. The third-order valence-electron chi connectivity index (χ3n) is 6.59. The molecule has 4 aromatic rings. The zero-order valence-electron chi connectivity index (χ0n) is 21.7. The average molecular weight is 547 g/mol. The number of aromatic nitrogens is 4. The van der Waals surface area contributed by atoms with Crippen LogP contribution < -0.4 is 10.1 Å². The molecule has 0 aliphatic carbocycles. The second-order valence-electron chi connectivity index (χ2n) is 9.35. The van der Waals surface area contributed by atoms with Crippen LogP contribution in [0.15, 0.2) is 58.6 Å². The van der Waals surface area contributed by atoms with E-state index >= 15 is 0 Å². The predicted molar refractivity (Wildman–Crippen MR) is 151 cm³/mol. The summed E-state index contributed by atoms with van der Waals surface area (Å²) in [6.45, 7) is 8.42. The summed E-state index contributed by atoms with van der Waals surface area (Å²) in [5.41, 5.74) is 3.24. The third kappa shape index (κ3) is 6.20. The van der Waals surface area contributed by atoms with E-state index < -0.39 is 0 Å². The first kappa shape index (κ1) is 26.3. The quantitative estimate of drug-likeness (QED) is 0.242. The molecular formula is C28H30N6O2S2. The largest absolute Gasteiger partial charge is 0.452 e. The number of piperidine rings is 1. The molecule has 10 heteroatoms. The summed E-state index contributed by atoms with van der Waals surface area (Å²) in [6.07, 6.45) is 6.46. The van der Waals surface area contributed by atoms with Crippen molar-refractivity contribution in [3.05, 3.63) is 71.4 Å². The van der Waals surface area contributed by atoms with Crippen LogP contribution in [0.2, 0.25) is 0 Å². The first-order valence-corrected chi connectivity index (χ1v) is 14.2. The lowest BCUT2D eigenvalue weighted by molar-refractivity contribution is -0.109. The van der Waals surface area contributed by atoms with E-state index in [9.17, 15) is 4.79 Å². The molecule has 1 fully saturated rings. The molecule has 196 valence electrons. The number of likely N-dealkylation sites (tertiary alicyclic amines) is 1. The van der Waals surface area contributed by atoms with Crippen molar-refractivity contribution in [2.75, 3.05) is 25.0 Å². The van der Waals surface area contributed by atoms with Gasteiger partial charge in [0, 0.05) is 45.7 Å². The van der Waals surface area contributed by atoms with E-state index in [4.69, 9.17) is 14.7 Å². The number of aldehydes is 1. The summed E-state index contributed by atoms with van der Waals surface area (Å²) in [6, 6.07) is 12.1. The molecule has 5 rings (SSSR count). The highest BCUT2D eigenvalue weighted by molar-refractivity contribution is 7.99. The van der Waals surface area contributed by atoms with Crippen LogP contribution in [0, 0.1) is 20.8 Å². The minimum absolute atomic E-state index is 0.294. The van der Waals surface area contributed by atoms with E-state index in [2.05, 4.69) is 51.6 Å². The van der Waals surface area contributed by atoms with E-state index in [0.29, 0.717) is 34.9 Å². The van der Waals surface area contributed by atoms with Crippen molar-refractivity contribution in [2.24, 2.45) is 0 Å². The number of rotatable bonds is 9. The first-order chi connectivity index (χ1) is 18.5. The lowest BCUT2D eigenvalue weighted by Gasteiger charge is -2.28. The fourth-order valence-corrected chi connectivity index (χ4v) is 6.07. The van der Waals surface area contributed by atoms with Crippen LogP contribution in [0.4, 0.5) is 10.9 Å². The van der Waals surface area contributed by atoms with Crippen LogP contribution in [0.1, 0.15) is 41.4 Å². The number of nitrogens with zero attached hydrogens (tertiary/aromatic N) is 5. The number of nitrogens with one attached hydrogen (secondary N) is 1. The van der Waals surface area contributed by atoms with Crippen molar-refractivity contribution in [3.63, 3.8) is 0 Å². The molecule has 8 nitrogen and oxygen atoms in total. The molecule has 38 heavy (non-hydrogen) atoms. The van der Waals surface area contributed by atoms with Crippen molar-refractivity contribution >= 4 is 40.5 Å². The van der Waals surface area contributed by atoms with Crippen molar-refractivity contribution in [2.45, 2.75) is 49.3 Å². The standard InChI is InChI=1S/C28H30N6O2S2/c1-18-6-4-7-19(2)25(18)37-22-16-24(36-23-8-5-11-29-20(23)3)27(30-17-22)32-28-31-26(33-38-28)21-9-12-34(13-10-21)14-15-35/h4-8,11,15-17,21H,9-10,12-14H2,1-3H3,(H,30,31,32,33). The topological polar surface area (TPSA) is 93.1 Å². The first-order valence-electron chi connectivity index (χ1n) is 12.6. The molecule has 0 saturated carbocycles. The molecule has 1 aliphatic heterocycles. The van der Waals surface area contributed by atoms with Crippen molar-refractivity contribution in [1.29, 1.82) is 0 Å². The summed E-state index contributed by atoms with van der Waals surface area (Å²) < 4.78 is 11.0. The maximum absolute atomic E-state index is 10.8. The summed E-state index contributed by atoms with van der Waals surface area (Å²) in [4.78, 5) is 29.0. The van der Waals surface area contributed by atoms with Gasteiger partial charge in [-0.3, -0.25) is 9.88 Å². The molecule has 1 N–H and O–H groups in total. The van der Waals surface area contributed by atoms with Crippen LogP contribution in [0.3, 0.4) is 0 Å². The van der Waals surface area contributed by atoms with E-state index in [0.717, 1.165) is 48.6 Å². The number of anilines is 2. The Kier molecular flexibility index (Phi) is 8.31. The molecule has 1 saturated heterocycles. The Morgan fingerprint density at radius 1 is 1.11 bits per heavy atom. The number of hydrogen-bond donors (Lipinski definition) is 1. The number of benzene rings is 1. The number of ether oxygens (including phenoxy) is 1. The monoisotopic (exact) mass is 546 g/mol. The maximum Gasteiger partial charge on any atom is 0.208 e. The van der Waals surface area contributed by atoms with Gasteiger partial charge in [0.25, 0.3) is 0 Å². The van der Waals surface area contributed by atoms with Crippen LogP contribution in [-0.2, 0) is 4.79 Å². The van der Waals surface area contributed by atoms with E-state index in [1.54, 1.807) is 18.0 Å². The second-order valence-corrected chi connectivity index (χ2v) is 11.2. The molecule has 3 aromatic heterocycles. The van der Waals surface area contributed by atoms with Crippen molar-refractivity contribution in [1.82, 2.24) is 24.2 Å². The smallest absolute Gasteiger partial charge is 0.208 e. The van der Waals surface area contributed by atoms with Crippen LogP contribution in [0.25, 0.3) is 0 Å². The van der Waals surface area contributed by atoms with E-state index in [-0.39, 0.29) is 0 Å². The molecule has 0 atom stereocenters. The number of hydrogen-bond acceptors (Lipinski definition) is 10. The van der Waals surface area contributed by atoms with Crippen LogP contribution >= 0.6 is 23.3 Å². The normalized spacial score (nSPS) is 14.4. The van der Waals surface area contributed by atoms with Gasteiger partial charge in [-0.2, -0.15) is 4.37 Å². The van der Waals surface area contributed by atoms with Gasteiger partial charge in [-0.05, 0) is 70.0 Å². The Balaban J connectivity index is 1.38. The Bertz CT molecular complexity index is 1400. The highest BCUT2D eigenvalue weighted by atomic mass is 32.2. The molecular weight excluding hydrogens is 516 g/mol. The zero-order valence-corrected chi connectivity index (χ0v) is 23.3. The van der Waals surface area contributed by atoms with Gasteiger partial charge in [-0.25, -0.2) is 9.97 Å². The highest BCUT2D eigenvalue weighted by Gasteiger charge is 2.24. The fourth-order valence-electron chi connectivity index (χ4n) is 4.46. The van der Waals surface area contributed by atoms with Gasteiger partial charge in [-0.1, -0.05) is 30.0 Å². The predicted octanol–water partition coefficient (Wildman–Crippen LogP) is 6.32. The van der Waals surface area contributed by atoms with Gasteiger partial charge in [0.1, 0.15) is 17.9 Å². The summed E-state index contributed by atoms with van der Waals surface area (Å²) in [5.74, 6) is 2.98. The Morgan fingerprint density at radius 2 is 1.89 bits per heavy atom. The van der Waals surface area contributed by atoms with Gasteiger partial charge >= 0.3 is 0 Å². The average Bonchev–Trinajstić information content (AvgIpc) is 3.38. The van der Waals surface area contributed by atoms with Crippen LogP contribution in [0.5, 0.6) is 11.5 Å². The molecule has 1 aromatic carbocycles. The lowest BCUT2D eigenvalue weighted by atomic mass is 9.96. The van der Waals surface area contributed by atoms with Gasteiger partial charge < -0.3 is 14.8 Å². The fraction of sp³-hybridized carbons (Fsp3) is 0.321. The van der Waals surface area contributed by atoms with Gasteiger partial charge in [0.05, 0.1) is 12.2 Å². The molecule has 0 amide bonds. The molecule has 0 unspecified atom stereocenters. The number of carbonyl (C=O) groups is 1. The SMILES string of the molecule is Cc1cccc(C)c1Sc1cnc(Nc2nc(C3CCN(CC=O)CC3)ns2)c(Oc2cccnc2C)c1. The minimum atomic E-state index is 0.294. The van der Waals surface area contributed by atoms with E-state index in [1.807, 2.05) is 31.3 Å². The molecule has 0 radical (unpaired) electrons. The van der Waals surface area contributed by atoms with E-state index in [1.165, 1.54) is 27.6 Å². The Labute approximate surface area is 231 Å². The number of carbonyl (C=O) groups excluding carboxylic acids is 1. The van der Waals surface area contributed by atoms with Crippen molar-refractivity contribution in [3.8, 4) is 11.5 Å². The minimum Gasteiger partial charge on any atom is -0.452 e. The van der Waals surface area contributed by atoms with Crippen LogP contribution in [-0.4, -0.2) is 50.1 Å². The molecule has 0 spiro atoms. The molecule has 4 heterocycles. The molecule has 1 aliphatic rings. The van der Waals surface area contributed by atoms with Gasteiger partial charge in [0.15, 0.2) is 11.6 Å². The highest BCUT2D eigenvalue weighted by Crippen LogP contribution is 2.39. The Hall–Kier alpha value is -3.34. The lowest BCUT2D eigenvalue weighted by Crippen LogP contribution is -2.34. The summed E-state index contributed by atoms with van der Waals surface area (Å²) >= 11 is 3.00. The summed E-state index contributed by atoms with van der Waals surface area (Å²) in [7, 11) is 0. The number of pyridine rings is 2. The third-order valence-corrected chi connectivity index (χ3v) is 8.54. The van der Waals surface area contributed by atoms with Gasteiger partial charge in [0.2, 0.25) is 5.13 Å². The van der Waals surface area contributed by atoms with Crippen molar-refractivity contribution < 1.29 is 9.53 Å². The van der Waals surface area contributed by atoms with Gasteiger partial charge in [-0.15, -0.1) is 0 Å². The summed E-state index contributed by atoms with van der Waals surface area (Å²) in [5, 5.41) is 4.01. The molecule has 0 bridgehead atoms. The zero-order chi connectivity index (χ0) is 26.5.